The van der Waals surface area contributed by atoms with E-state index < -0.39 is 0 Å². The number of ketones is 1. The van der Waals surface area contributed by atoms with Gasteiger partial charge in [0.25, 0.3) is 0 Å². The van der Waals surface area contributed by atoms with Crippen LogP contribution in [-0.4, -0.2) is 10.8 Å². The van der Waals surface area contributed by atoms with E-state index in [4.69, 9.17) is 4.42 Å². The molecule has 0 aliphatic carbocycles. The zero-order valence-corrected chi connectivity index (χ0v) is 11.7. The van der Waals surface area contributed by atoms with Crippen LogP contribution < -0.4 is 0 Å². The lowest BCUT2D eigenvalue weighted by atomic mass is 10.1. The Kier molecular flexibility index (Phi) is 3.65. The molecule has 3 aromatic rings. The van der Waals surface area contributed by atoms with Crippen LogP contribution in [0.4, 0.5) is 0 Å². The van der Waals surface area contributed by atoms with Gasteiger partial charge in [-0.05, 0) is 30.4 Å². The Labute approximate surface area is 122 Å². The minimum absolute atomic E-state index is 0.0598. The van der Waals surface area contributed by atoms with Gasteiger partial charge in [-0.3, -0.25) is 9.78 Å². The highest BCUT2D eigenvalue weighted by atomic mass is 16.3. The van der Waals surface area contributed by atoms with Crippen LogP contribution in [0.25, 0.3) is 17.0 Å². The molecule has 3 rings (SSSR count). The SMILES string of the molecule is CCc1oc2ccccc2c1/C=C/C(=O)c1cccnc1. The standard InChI is InChI=1S/C18H15NO2/c1-2-17-15(14-7-3-4-8-18(14)21-17)9-10-16(20)13-6-5-11-19-12-13/h3-12H,2H2,1H3/b10-9+. The number of furan rings is 1. The molecule has 21 heavy (non-hydrogen) atoms. The van der Waals surface area contributed by atoms with Crippen LogP contribution in [0.2, 0.25) is 0 Å². The lowest BCUT2D eigenvalue weighted by Gasteiger charge is -1.95. The number of aromatic nitrogens is 1. The zero-order valence-electron chi connectivity index (χ0n) is 11.7. The van der Waals surface area contributed by atoms with E-state index in [-0.39, 0.29) is 5.78 Å². The maximum atomic E-state index is 12.1. The number of pyridine rings is 1. The first-order valence-electron chi connectivity index (χ1n) is 6.92. The normalized spacial score (nSPS) is 11.3. The van der Waals surface area contributed by atoms with Gasteiger partial charge in [-0.1, -0.05) is 25.1 Å². The molecule has 0 spiro atoms. The van der Waals surface area contributed by atoms with Gasteiger partial charge >= 0.3 is 0 Å². The Morgan fingerprint density at radius 3 is 2.86 bits per heavy atom. The van der Waals surface area contributed by atoms with Crippen LogP contribution in [0, 0.1) is 0 Å². The molecule has 0 saturated heterocycles. The first-order chi connectivity index (χ1) is 10.3. The molecule has 1 aromatic carbocycles. The highest BCUT2D eigenvalue weighted by Gasteiger charge is 2.10. The first kappa shape index (κ1) is 13.3. The van der Waals surface area contributed by atoms with E-state index in [0.29, 0.717) is 5.56 Å². The van der Waals surface area contributed by atoms with Crippen molar-refractivity contribution in [3.05, 3.63) is 71.8 Å². The number of aryl methyl sites for hydroxylation is 1. The van der Waals surface area contributed by atoms with Gasteiger partial charge in [-0.15, -0.1) is 0 Å². The van der Waals surface area contributed by atoms with Crippen LogP contribution in [0.1, 0.15) is 28.6 Å². The molecule has 104 valence electrons. The molecule has 0 unspecified atom stereocenters. The number of carbonyl (C=O) groups excluding carboxylic acids is 1. The third kappa shape index (κ3) is 2.63. The molecule has 0 bridgehead atoms. The highest BCUT2D eigenvalue weighted by Crippen LogP contribution is 2.27. The van der Waals surface area contributed by atoms with E-state index in [1.807, 2.05) is 37.3 Å². The van der Waals surface area contributed by atoms with Gasteiger partial charge < -0.3 is 4.42 Å². The predicted molar refractivity (Wildman–Crippen MR) is 83.2 cm³/mol. The van der Waals surface area contributed by atoms with E-state index in [0.717, 1.165) is 28.7 Å². The smallest absolute Gasteiger partial charge is 0.187 e. The fourth-order valence-corrected chi connectivity index (χ4v) is 2.33. The van der Waals surface area contributed by atoms with Crippen LogP contribution in [-0.2, 0) is 6.42 Å². The number of fused-ring (bicyclic) bond motifs is 1. The molecular weight excluding hydrogens is 262 g/mol. The van der Waals surface area contributed by atoms with Crippen molar-refractivity contribution in [2.24, 2.45) is 0 Å². The summed E-state index contributed by atoms with van der Waals surface area (Å²) in [6, 6.07) is 11.4. The molecule has 0 radical (unpaired) electrons. The number of nitrogens with zero attached hydrogens (tertiary/aromatic N) is 1. The van der Waals surface area contributed by atoms with Crippen molar-refractivity contribution in [3.8, 4) is 0 Å². The van der Waals surface area contributed by atoms with Crippen molar-refractivity contribution < 1.29 is 9.21 Å². The molecule has 0 aliphatic rings. The fraction of sp³-hybridized carbons (Fsp3) is 0.111. The molecule has 0 amide bonds. The summed E-state index contributed by atoms with van der Waals surface area (Å²) in [5.41, 5.74) is 2.41. The van der Waals surface area contributed by atoms with Crippen LogP contribution in [0.15, 0.2) is 59.3 Å². The van der Waals surface area contributed by atoms with E-state index in [1.165, 1.54) is 0 Å². The zero-order chi connectivity index (χ0) is 14.7. The summed E-state index contributed by atoms with van der Waals surface area (Å²) in [6.45, 7) is 2.04. The van der Waals surface area contributed by atoms with E-state index in [2.05, 4.69) is 4.98 Å². The van der Waals surface area contributed by atoms with Crippen molar-refractivity contribution in [2.45, 2.75) is 13.3 Å². The van der Waals surface area contributed by atoms with E-state index >= 15 is 0 Å². The van der Waals surface area contributed by atoms with E-state index in [1.54, 1.807) is 30.6 Å². The van der Waals surface area contributed by atoms with Gasteiger partial charge in [0, 0.05) is 35.3 Å². The average Bonchev–Trinajstić information content (AvgIpc) is 2.91. The van der Waals surface area contributed by atoms with Gasteiger partial charge in [-0.2, -0.15) is 0 Å². The Balaban J connectivity index is 1.98. The van der Waals surface area contributed by atoms with Gasteiger partial charge in [0.1, 0.15) is 11.3 Å². The predicted octanol–water partition coefficient (Wildman–Crippen LogP) is 4.29. The van der Waals surface area contributed by atoms with Gasteiger partial charge in [0.2, 0.25) is 0 Å². The minimum atomic E-state index is -0.0598. The van der Waals surface area contributed by atoms with Gasteiger partial charge in [0.05, 0.1) is 0 Å². The second-order valence-corrected chi connectivity index (χ2v) is 4.73. The fourth-order valence-electron chi connectivity index (χ4n) is 2.33. The number of hydrogen-bond acceptors (Lipinski definition) is 3. The lowest BCUT2D eigenvalue weighted by molar-refractivity contribution is 0.104. The third-order valence-corrected chi connectivity index (χ3v) is 3.38. The van der Waals surface area contributed by atoms with Crippen molar-refractivity contribution in [1.82, 2.24) is 4.98 Å². The van der Waals surface area contributed by atoms with Crippen LogP contribution >= 0.6 is 0 Å². The second kappa shape index (κ2) is 5.75. The molecule has 0 atom stereocenters. The maximum Gasteiger partial charge on any atom is 0.187 e. The molecule has 2 aromatic heterocycles. The third-order valence-electron chi connectivity index (χ3n) is 3.38. The molecule has 3 heteroatoms. The molecular formula is C18H15NO2. The van der Waals surface area contributed by atoms with Crippen LogP contribution in [0.5, 0.6) is 0 Å². The summed E-state index contributed by atoms with van der Waals surface area (Å²) in [7, 11) is 0. The maximum absolute atomic E-state index is 12.1. The average molecular weight is 277 g/mol. The number of rotatable bonds is 4. The largest absolute Gasteiger partial charge is 0.460 e. The summed E-state index contributed by atoms with van der Waals surface area (Å²) in [6.07, 6.45) is 7.42. The summed E-state index contributed by atoms with van der Waals surface area (Å²) in [4.78, 5) is 16.1. The van der Waals surface area contributed by atoms with Gasteiger partial charge in [0.15, 0.2) is 5.78 Å². The Bertz CT molecular complexity index is 800. The molecule has 0 fully saturated rings. The van der Waals surface area contributed by atoms with Crippen molar-refractivity contribution in [2.75, 3.05) is 0 Å². The Morgan fingerprint density at radius 2 is 2.10 bits per heavy atom. The Morgan fingerprint density at radius 1 is 1.24 bits per heavy atom. The number of benzene rings is 1. The highest BCUT2D eigenvalue weighted by molar-refractivity contribution is 6.07. The van der Waals surface area contributed by atoms with Crippen molar-refractivity contribution in [3.63, 3.8) is 0 Å². The number of allylic oxidation sites excluding steroid dienone is 1. The number of para-hydroxylation sites is 1. The summed E-state index contributed by atoms with van der Waals surface area (Å²) >= 11 is 0. The van der Waals surface area contributed by atoms with Crippen LogP contribution in [0.3, 0.4) is 0 Å². The molecule has 0 aliphatic heterocycles. The monoisotopic (exact) mass is 277 g/mol. The number of hydrogen-bond donors (Lipinski definition) is 0. The van der Waals surface area contributed by atoms with Crippen molar-refractivity contribution >= 4 is 22.8 Å². The quantitative estimate of drug-likeness (QED) is 0.528. The topological polar surface area (TPSA) is 43.1 Å². The molecule has 0 saturated carbocycles. The number of carbonyl (C=O) groups is 1. The second-order valence-electron chi connectivity index (χ2n) is 4.73. The molecule has 2 heterocycles. The molecule has 0 N–H and O–H groups in total. The summed E-state index contributed by atoms with van der Waals surface area (Å²) in [5.74, 6) is 0.835. The van der Waals surface area contributed by atoms with Gasteiger partial charge in [-0.25, -0.2) is 0 Å². The minimum Gasteiger partial charge on any atom is -0.460 e. The summed E-state index contributed by atoms with van der Waals surface area (Å²) in [5, 5.41) is 1.03. The Hall–Kier alpha value is -2.68. The van der Waals surface area contributed by atoms with E-state index in [9.17, 15) is 4.79 Å². The lowest BCUT2D eigenvalue weighted by Crippen LogP contribution is -1.94. The first-order valence-corrected chi connectivity index (χ1v) is 6.92. The summed E-state index contributed by atoms with van der Waals surface area (Å²) < 4.78 is 5.81. The molecule has 3 nitrogen and oxygen atoms in total. The van der Waals surface area contributed by atoms with Crippen molar-refractivity contribution in [1.29, 1.82) is 0 Å².